The van der Waals surface area contributed by atoms with Gasteiger partial charge in [-0.05, 0) is 12.1 Å². The summed E-state index contributed by atoms with van der Waals surface area (Å²) in [4.78, 5) is 14.1. The molecule has 1 aromatic rings. The lowest BCUT2D eigenvalue weighted by Crippen LogP contribution is -2.50. The number of nitrogens with zero attached hydrogens (tertiary/aromatic N) is 1. The molecule has 1 amide bonds. The van der Waals surface area contributed by atoms with Gasteiger partial charge in [0.25, 0.3) is 0 Å². The van der Waals surface area contributed by atoms with Crippen molar-refractivity contribution in [3.05, 3.63) is 30.3 Å². The second-order valence-electron chi connectivity index (χ2n) is 4.51. The van der Waals surface area contributed by atoms with Gasteiger partial charge in [0, 0.05) is 6.54 Å². The Morgan fingerprint density at radius 1 is 1.45 bits per heavy atom. The summed E-state index contributed by atoms with van der Waals surface area (Å²) in [6.07, 6.45) is -0.00314. The fourth-order valence-corrected chi connectivity index (χ4v) is 2.12. The predicted molar refractivity (Wildman–Crippen MR) is 79.7 cm³/mol. The van der Waals surface area contributed by atoms with E-state index >= 15 is 0 Å². The van der Waals surface area contributed by atoms with Gasteiger partial charge >= 0.3 is 0 Å². The number of morpholine rings is 1. The second kappa shape index (κ2) is 7.21. The monoisotopic (exact) mass is 294 g/mol. The van der Waals surface area contributed by atoms with Crippen LogP contribution in [0.2, 0.25) is 0 Å². The fourth-order valence-electron chi connectivity index (χ4n) is 1.98. The standard InChI is InChI=1S/C14H18N2O3S/c15-14(20)12-10-16(7-9-19-12)13(17)6-8-18-11-4-2-1-3-5-11/h1-5,12H,6-10H2,(H2,15,20). The molecule has 0 radical (unpaired) electrons. The Bertz CT molecular complexity index is 467. The molecular formula is C14H18N2O3S. The molecule has 0 aliphatic carbocycles. The van der Waals surface area contributed by atoms with Gasteiger partial charge < -0.3 is 20.1 Å². The van der Waals surface area contributed by atoms with E-state index in [0.717, 1.165) is 5.75 Å². The molecule has 6 heteroatoms. The summed E-state index contributed by atoms with van der Waals surface area (Å²) in [5.41, 5.74) is 5.55. The van der Waals surface area contributed by atoms with E-state index in [1.54, 1.807) is 4.90 Å². The van der Waals surface area contributed by atoms with Gasteiger partial charge in [0.15, 0.2) is 0 Å². The maximum atomic E-state index is 12.1. The number of benzene rings is 1. The van der Waals surface area contributed by atoms with Crippen molar-refractivity contribution in [3.8, 4) is 5.75 Å². The predicted octanol–water partition coefficient (Wildman–Crippen LogP) is 0.969. The van der Waals surface area contributed by atoms with Gasteiger partial charge in [-0.2, -0.15) is 0 Å². The van der Waals surface area contributed by atoms with Crippen LogP contribution in [0.1, 0.15) is 6.42 Å². The largest absolute Gasteiger partial charge is 0.493 e. The fraction of sp³-hybridized carbons (Fsp3) is 0.429. The van der Waals surface area contributed by atoms with Crippen LogP contribution in [0.4, 0.5) is 0 Å². The summed E-state index contributed by atoms with van der Waals surface area (Å²) in [6, 6.07) is 9.43. The van der Waals surface area contributed by atoms with Crippen molar-refractivity contribution in [3.63, 3.8) is 0 Å². The zero-order chi connectivity index (χ0) is 14.4. The number of thiocarbonyl (C=S) groups is 1. The lowest BCUT2D eigenvalue weighted by molar-refractivity contribution is -0.137. The molecule has 0 saturated carbocycles. The number of para-hydroxylation sites is 1. The van der Waals surface area contributed by atoms with E-state index in [2.05, 4.69) is 0 Å². The summed E-state index contributed by atoms with van der Waals surface area (Å²) in [5.74, 6) is 0.800. The highest BCUT2D eigenvalue weighted by Crippen LogP contribution is 2.10. The van der Waals surface area contributed by atoms with E-state index in [0.29, 0.717) is 37.7 Å². The van der Waals surface area contributed by atoms with E-state index in [4.69, 9.17) is 27.4 Å². The Hall–Kier alpha value is -1.66. The van der Waals surface area contributed by atoms with E-state index in [1.807, 2.05) is 30.3 Å². The molecule has 20 heavy (non-hydrogen) atoms. The summed E-state index contributed by atoms with van der Waals surface area (Å²) in [6.45, 7) is 1.83. The topological polar surface area (TPSA) is 64.8 Å². The number of hydrogen-bond acceptors (Lipinski definition) is 4. The molecule has 108 valence electrons. The normalized spacial score (nSPS) is 18.6. The lowest BCUT2D eigenvalue weighted by Gasteiger charge is -2.32. The van der Waals surface area contributed by atoms with Gasteiger partial charge in [-0.3, -0.25) is 4.79 Å². The molecule has 1 unspecified atom stereocenters. The van der Waals surface area contributed by atoms with Gasteiger partial charge in [-0.15, -0.1) is 0 Å². The van der Waals surface area contributed by atoms with Gasteiger partial charge in [-0.25, -0.2) is 0 Å². The maximum absolute atomic E-state index is 12.1. The Morgan fingerprint density at radius 3 is 2.90 bits per heavy atom. The molecular weight excluding hydrogens is 276 g/mol. The van der Waals surface area contributed by atoms with Gasteiger partial charge in [-0.1, -0.05) is 30.4 Å². The second-order valence-corrected chi connectivity index (χ2v) is 4.98. The molecule has 1 aliphatic heterocycles. The molecule has 1 heterocycles. The summed E-state index contributed by atoms with van der Waals surface area (Å²) >= 11 is 4.90. The summed E-state index contributed by atoms with van der Waals surface area (Å²) < 4.78 is 10.9. The van der Waals surface area contributed by atoms with Crippen LogP contribution < -0.4 is 10.5 Å². The van der Waals surface area contributed by atoms with Crippen LogP contribution in [0, 0.1) is 0 Å². The van der Waals surface area contributed by atoms with Crippen LogP contribution in [0.5, 0.6) is 5.75 Å². The van der Waals surface area contributed by atoms with Crippen LogP contribution >= 0.6 is 12.2 Å². The molecule has 0 aromatic heterocycles. The quantitative estimate of drug-likeness (QED) is 0.820. The SMILES string of the molecule is NC(=S)C1CN(C(=O)CCOc2ccccc2)CCO1. The van der Waals surface area contributed by atoms with Crippen molar-refractivity contribution in [1.82, 2.24) is 4.90 Å². The van der Waals surface area contributed by atoms with Gasteiger partial charge in [0.2, 0.25) is 5.91 Å². The first-order chi connectivity index (χ1) is 9.66. The maximum Gasteiger partial charge on any atom is 0.226 e. The molecule has 2 rings (SSSR count). The van der Waals surface area contributed by atoms with E-state index in [1.165, 1.54) is 0 Å². The highest BCUT2D eigenvalue weighted by atomic mass is 32.1. The number of hydrogen-bond donors (Lipinski definition) is 1. The zero-order valence-electron chi connectivity index (χ0n) is 11.2. The minimum atomic E-state index is -0.335. The lowest BCUT2D eigenvalue weighted by atomic mass is 10.2. The van der Waals surface area contributed by atoms with Gasteiger partial charge in [0.05, 0.1) is 26.2 Å². The third kappa shape index (κ3) is 4.18. The average Bonchev–Trinajstić information content (AvgIpc) is 2.48. The van der Waals surface area contributed by atoms with Crippen molar-refractivity contribution in [2.75, 3.05) is 26.3 Å². The summed E-state index contributed by atoms with van der Waals surface area (Å²) in [5, 5.41) is 0. The Labute approximate surface area is 123 Å². The molecule has 0 bridgehead atoms. The highest BCUT2D eigenvalue weighted by Gasteiger charge is 2.25. The number of carbonyl (C=O) groups excluding carboxylic acids is 1. The first-order valence-electron chi connectivity index (χ1n) is 6.53. The number of nitrogens with two attached hydrogens (primary N) is 1. The van der Waals surface area contributed by atoms with Crippen LogP contribution in [0.25, 0.3) is 0 Å². The Balaban J connectivity index is 1.75. The number of amides is 1. The molecule has 1 aliphatic rings. The van der Waals surface area contributed by atoms with E-state index in [9.17, 15) is 4.79 Å². The number of rotatable bonds is 5. The first kappa shape index (κ1) is 14.7. The molecule has 2 N–H and O–H groups in total. The smallest absolute Gasteiger partial charge is 0.226 e. The number of ether oxygens (including phenoxy) is 2. The van der Waals surface area contributed by atoms with E-state index < -0.39 is 0 Å². The van der Waals surface area contributed by atoms with Crippen LogP contribution in [0.15, 0.2) is 30.3 Å². The molecule has 1 saturated heterocycles. The third-order valence-corrected chi connectivity index (χ3v) is 3.33. The van der Waals surface area contributed by atoms with Crippen molar-refractivity contribution in [1.29, 1.82) is 0 Å². The number of carbonyl (C=O) groups is 1. The highest BCUT2D eigenvalue weighted by molar-refractivity contribution is 7.80. The Kier molecular flexibility index (Phi) is 5.31. The first-order valence-corrected chi connectivity index (χ1v) is 6.94. The minimum absolute atomic E-state index is 0.0329. The molecule has 0 spiro atoms. The third-order valence-electron chi connectivity index (χ3n) is 3.06. The van der Waals surface area contributed by atoms with Crippen molar-refractivity contribution >= 4 is 23.1 Å². The van der Waals surface area contributed by atoms with Crippen molar-refractivity contribution in [2.45, 2.75) is 12.5 Å². The summed E-state index contributed by atoms with van der Waals surface area (Å²) in [7, 11) is 0. The van der Waals surface area contributed by atoms with Crippen molar-refractivity contribution < 1.29 is 14.3 Å². The van der Waals surface area contributed by atoms with Crippen molar-refractivity contribution in [2.24, 2.45) is 5.73 Å². The van der Waals surface area contributed by atoms with Crippen LogP contribution in [0.3, 0.4) is 0 Å². The van der Waals surface area contributed by atoms with Gasteiger partial charge in [0.1, 0.15) is 16.8 Å². The molecule has 5 nitrogen and oxygen atoms in total. The molecule has 1 atom stereocenters. The minimum Gasteiger partial charge on any atom is -0.493 e. The average molecular weight is 294 g/mol. The Morgan fingerprint density at radius 2 is 2.20 bits per heavy atom. The molecule has 1 fully saturated rings. The zero-order valence-corrected chi connectivity index (χ0v) is 12.0. The van der Waals surface area contributed by atoms with Crippen LogP contribution in [-0.2, 0) is 9.53 Å². The van der Waals surface area contributed by atoms with Crippen LogP contribution in [-0.4, -0.2) is 48.2 Å². The van der Waals surface area contributed by atoms with E-state index in [-0.39, 0.29) is 12.0 Å². The molecule has 1 aromatic carbocycles.